The monoisotopic (exact) mass is 632 g/mol. The van der Waals surface area contributed by atoms with Crippen LogP contribution in [-0.2, 0) is 24.6 Å². The Labute approximate surface area is 256 Å². The smallest absolute Gasteiger partial charge is 0.338 e. The molecule has 1 atom stereocenters. The van der Waals surface area contributed by atoms with E-state index in [1.165, 1.54) is 46.9 Å². The minimum Gasteiger partial charge on any atom is -0.338 e. The number of carbonyl (C=O) groups is 3. The molecule has 11 nitrogen and oxygen atoms in total. The molecule has 6 rings (SSSR count). The molecule has 4 heterocycles. The lowest BCUT2D eigenvalue weighted by molar-refractivity contribution is -0.141. The summed E-state index contributed by atoms with van der Waals surface area (Å²) >= 11 is 6.44. The highest BCUT2D eigenvalue weighted by molar-refractivity contribution is 6.34. The summed E-state index contributed by atoms with van der Waals surface area (Å²) in [6.07, 6.45) is 1.71. The number of nitrogens with one attached hydrogen (secondary N) is 2. The molecule has 3 aliphatic rings. The molecule has 1 aliphatic carbocycles. The number of hydrogen-bond acceptors (Lipinski definition) is 6. The van der Waals surface area contributed by atoms with Gasteiger partial charge in [0.1, 0.15) is 0 Å². The first-order valence-corrected chi connectivity index (χ1v) is 15.0. The number of hydrogen-bond donors (Lipinski definition) is 2. The van der Waals surface area contributed by atoms with Crippen molar-refractivity contribution >= 4 is 35.0 Å². The maximum atomic E-state index is 13.9. The number of piperazine rings is 1. The van der Waals surface area contributed by atoms with Gasteiger partial charge in [-0.3, -0.25) is 19.1 Å². The van der Waals surface area contributed by atoms with E-state index in [2.05, 4.69) is 20.7 Å². The summed E-state index contributed by atoms with van der Waals surface area (Å²) < 4.78 is 44.2. The molecule has 3 fully saturated rings. The average molecular weight is 633 g/mol. The molecule has 2 aliphatic heterocycles. The topological polar surface area (TPSA) is 117 Å². The van der Waals surface area contributed by atoms with Gasteiger partial charge in [-0.25, -0.2) is 4.98 Å². The average Bonchev–Trinajstić information content (AvgIpc) is 3.53. The number of benzene rings is 1. The van der Waals surface area contributed by atoms with Crippen molar-refractivity contribution < 1.29 is 27.6 Å². The van der Waals surface area contributed by atoms with Gasteiger partial charge in [-0.2, -0.15) is 18.3 Å². The van der Waals surface area contributed by atoms with E-state index < -0.39 is 17.8 Å². The van der Waals surface area contributed by atoms with Crippen LogP contribution in [0.25, 0.3) is 11.3 Å². The lowest BCUT2D eigenvalue weighted by Crippen LogP contribution is -2.58. The Morgan fingerprint density at radius 3 is 2.39 bits per heavy atom. The molecule has 1 unspecified atom stereocenters. The third-order valence-corrected chi connectivity index (χ3v) is 8.94. The van der Waals surface area contributed by atoms with Crippen molar-refractivity contribution in [1.82, 2.24) is 34.4 Å². The Morgan fingerprint density at radius 2 is 1.80 bits per heavy atom. The van der Waals surface area contributed by atoms with Crippen molar-refractivity contribution in [3.05, 3.63) is 52.7 Å². The van der Waals surface area contributed by atoms with Gasteiger partial charge in [0.05, 0.1) is 34.1 Å². The van der Waals surface area contributed by atoms with Crippen molar-refractivity contribution in [1.29, 1.82) is 0 Å². The molecule has 234 valence electrons. The Morgan fingerprint density at radius 1 is 1.09 bits per heavy atom. The first-order valence-electron chi connectivity index (χ1n) is 14.6. The van der Waals surface area contributed by atoms with Crippen molar-refractivity contribution in [2.75, 3.05) is 38.0 Å². The summed E-state index contributed by atoms with van der Waals surface area (Å²) in [5, 5.41) is 9.70. The fraction of sp³-hybridized carbons (Fsp3) is 0.483. The van der Waals surface area contributed by atoms with Crippen LogP contribution in [0.15, 0.2) is 30.6 Å². The van der Waals surface area contributed by atoms with Crippen molar-refractivity contribution in [2.24, 2.45) is 13.0 Å². The second-order valence-electron chi connectivity index (χ2n) is 11.5. The molecule has 44 heavy (non-hydrogen) atoms. The molecule has 0 spiro atoms. The van der Waals surface area contributed by atoms with Gasteiger partial charge >= 0.3 is 6.18 Å². The molecule has 2 saturated heterocycles. The van der Waals surface area contributed by atoms with Gasteiger partial charge in [-0.05, 0) is 49.9 Å². The zero-order valence-electron chi connectivity index (χ0n) is 24.0. The number of anilines is 1. The molecular weight excluding hydrogens is 601 g/mol. The van der Waals surface area contributed by atoms with Crippen LogP contribution in [0.1, 0.15) is 52.4 Å². The molecule has 1 saturated carbocycles. The van der Waals surface area contributed by atoms with Gasteiger partial charge in [-0.1, -0.05) is 18.0 Å². The second-order valence-corrected chi connectivity index (χ2v) is 11.9. The third kappa shape index (κ3) is 5.92. The van der Waals surface area contributed by atoms with Crippen LogP contribution in [0.2, 0.25) is 5.02 Å². The molecule has 3 amide bonds. The third-order valence-electron chi connectivity index (χ3n) is 8.63. The number of alkyl halides is 3. The number of imidazole rings is 1. The Kier molecular flexibility index (Phi) is 8.14. The van der Waals surface area contributed by atoms with E-state index in [0.717, 1.165) is 32.2 Å². The maximum absolute atomic E-state index is 13.9. The largest absolute Gasteiger partial charge is 0.435 e. The molecular formula is C29H32ClF3N8O3. The number of amides is 3. The summed E-state index contributed by atoms with van der Waals surface area (Å²) in [5.41, 5.74) is -0.535. The van der Waals surface area contributed by atoms with Crippen molar-refractivity contribution in [2.45, 2.75) is 44.4 Å². The zero-order valence-corrected chi connectivity index (χ0v) is 24.8. The van der Waals surface area contributed by atoms with Crippen LogP contribution < -0.4 is 10.6 Å². The lowest BCUT2D eigenvalue weighted by Gasteiger charge is -2.38. The molecule has 0 bridgehead atoms. The van der Waals surface area contributed by atoms with Crippen LogP contribution >= 0.6 is 11.6 Å². The van der Waals surface area contributed by atoms with Gasteiger partial charge in [0.25, 0.3) is 11.8 Å². The van der Waals surface area contributed by atoms with Gasteiger partial charge < -0.3 is 25.0 Å². The quantitative estimate of drug-likeness (QED) is 0.411. The highest BCUT2D eigenvalue weighted by atomic mass is 35.5. The predicted octanol–water partition coefficient (Wildman–Crippen LogP) is 3.65. The highest BCUT2D eigenvalue weighted by Crippen LogP contribution is 2.37. The molecule has 1 aromatic carbocycles. The van der Waals surface area contributed by atoms with E-state index >= 15 is 0 Å². The first-order chi connectivity index (χ1) is 21.0. The van der Waals surface area contributed by atoms with Crippen molar-refractivity contribution in [3.63, 3.8) is 0 Å². The van der Waals surface area contributed by atoms with E-state index in [0.29, 0.717) is 38.6 Å². The molecule has 3 aromatic rings. The maximum Gasteiger partial charge on any atom is 0.435 e. The molecule has 15 heteroatoms. The second kappa shape index (κ2) is 11.9. The zero-order chi connectivity index (χ0) is 31.2. The lowest BCUT2D eigenvalue weighted by atomic mass is 9.85. The molecule has 2 N–H and O–H groups in total. The summed E-state index contributed by atoms with van der Waals surface area (Å²) in [7, 11) is 1.46. The minimum absolute atomic E-state index is 0.0566. The van der Waals surface area contributed by atoms with E-state index in [1.54, 1.807) is 9.80 Å². The van der Waals surface area contributed by atoms with Crippen LogP contribution in [0.3, 0.4) is 0 Å². The summed E-state index contributed by atoms with van der Waals surface area (Å²) in [6, 6.07) is 4.33. The van der Waals surface area contributed by atoms with Crippen LogP contribution in [0.4, 0.5) is 18.9 Å². The van der Waals surface area contributed by atoms with Crippen LogP contribution in [0, 0.1) is 5.92 Å². The van der Waals surface area contributed by atoms with Gasteiger partial charge in [0.2, 0.25) is 5.91 Å². The Hall–Kier alpha value is -3.91. The normalized spacial score (nSPS) is 19.0. The number of nitrogens with zero attached hydrogens (tertiary/aromatic N) is 6. The van der Waals surface area contributed by atoms with E-state index in [4.69, 9.17) is 11.6 Å². The fourth-order valence-electron chi connectivity index (χ4n) is 5.70. The van der Waals surface area contributed by atoms with E-state index in [9.17, 15) is 27.6 Å². The summed E-state index contributed by atoms with van der Waals surface area (Å²) in [5.74, 6) is -0.692. The minimum atomic E-state index is -4.68. The van der Waals surface area contributed by atoms with Crippen LogP contribution in [-0.4, -0.2) is 85.6 Å². The SMILES string of the molecule is Cn1c(-c2cn(CC3CCC3)nc2C(F)(F)F)cnc1C(=O)Nc1ccc(C(=O)N2CCN(C(=O)C3CCN3)CC2)c(Cl)c1. The van der Waals surface area contributed by atoms with Crippen LogP contribution in [0.5, 0.6) is 0 Å². The van der Waals surface area contributed by atoms with E-state index in [1.807, 2.05) is 0 Å². The predicted molar refractivity (Wildman–Crippen MR) is 155 cm³/mol. The Balaban J connectivity index is 1.12. The number of halogens is 4. The van der Waals surface area contributed by atoms with Gasteiger partial charge in [0.15, 0.2) is 11.5 Å². The standard InChI is InChI=1S/C29H32ClF3N8O3/c1-38-23(20-16-41(15-17-3-2-4-17)37-24(20)29(31,32)33)14-35-25(38)26(42)36-18-5-6-19(21(30)13-18)27(43)39-9-11-40(12-10-39)28(44)22-7-8-34-22/h5-6,13-14,16-17,22,34H,2-4,7-12,15H2,1H3,(H,36,42). The van der Waals surface area contributed by atoms with Gasteiger partial charge in [0, 0.05) is 51.7 Å². The summed E-state index contributed by atoms with van der Waals surface area (Å²) in [4.78, 5) is 46.2. The Bertz CT molecular complexity index is 1590. The fourth-order valence-corrected chi connectivity index (χ4v) is 5.96. The van der Waals surface area contributed by atoms with Crippen molar-refractivity contribution in [3.8, 4) is 11.3 Å². The molecule has 2 aromatic heterocycles. The van der Waals surface area contributed by atoms with E-state index in [-0.39, 0.29) is 51.2 Å². The number of aromatic nitrogens is 4. The summed E-state index contributed by atoms with van der Waals surface area (Å²) in [6.45, 7) is 2.87. The highest BCUT2D eigenvalue weighted by Gasteiger charge is 2.39. The van der Waals surface area contributed by atoms with Gasteiger partial charge in [-0.15, -0.1) is 0 Å². The number of rotatable bonds is 7. The first kappa shape index (κ1) is 30.1. The molecule has 0 radical (unpaired) electrons. The number of carbonyl (C=O) groups excluding carboxylic acids is 3.